The summed E-state index contributed by atoms with van der Waals surface area (Å²) < 4.78 is 0. The molecule has 0 aromatic heterocycles. The van der Waals surface area contributed by atoms with E-state index in [0.717, 1.165) is 16.7 Å². The number of phenolic OH excluding ortho intramolecular Hbond substituents is 1. The van der Waals surface area contributed by atoms with Crippen molar-refractivity contribution >= 4 is 35.7 Å². The molecule has 0 radical (unpaired) electrons. The number of hydrogen-bond donors (Lipinski definition) is 3. The third kappa shape index (κ3) is 3.73. The Bertz CT molecular complexity index is 1000. The number of anilines is 1. The van der Waals surface area contributed by atoms with Crippen molar-refractivity contribution in [2.75, 3.05) is 4.90 Å². The molecule has 5 amide bonds. The molecule has 1 aliphatic heterocycles. The highest BCUT2D eigenvalue weighted by Gasteiger charge is 2.40. The predicted molar refractivity (Wildman–Crippen MR) is 99.8 cm³/mol. The van der Waals surface area contributed by atoms with E-state index >= 15 is 0 Å². The Balaban J connectivity index is 1.77. The van der Waals surface area contributed by atoms with Crippen LogP contribution in [0.1, 0.15) is 15.9 Å². The average molecular weight is 380 g/mol. The van der Waals surface area contributed by atoms with Crippen LogP contribution in [0.15, 0.2) is 53.6 Å². The lowest BCUT2D eigenvalue weighted by molar-refractivity contribution is -0.131. The summed E-state index contributed by atoms with van der Waals surface area (Å²) in [5, 5.41) is 15.4. The van der Waals surface area contributed by atoms with Crippen molar-refractivity contribution in [2.24, 2.45) is 11.0 Å². The number of aromatic hydroxyl groups is 1. The second-order valence-electron chi connectivity index (χ2n) is 6.02. The van der Waals surface area contributed by atoms with Gasteiger partial charge < -0.3 is 5.11 Å². The van der Waals surface area contributed by atoms with Gasteiger partial charge in [-0.15, -0.1) is 0 Å². The molecule has 9 nitrogen and oxygen atoms in total. The molecule has 9 heteroatoms. The highest BCUT2D eigenvalue weighted by Crippen LogP contribution is 2.21. The highest BCUT2D eigenvalue weighted by molar-refractivity contribution is 6.32. The minimum absolute atomic E-state index is 0.0179. The number of carbonyl (C=O) groups excluding carboxylic acids is 4. The van der Waals surface area contributed by atoms with Gasteiger partial charge in [0.15, 0.2) is 5.92 Å². The van der Waals surface area contributed by atoms with Crippen LogP contribution < -0.4 is 15.6 Å². The van der Waals surface area contributed by atoms with Gasteiger partial charge in [-0.1, -0.05) is 24.3 Å². The largest absolute Gasteiger partial charge is 0.507 e. The maximum Gasteiger partial charge on any atom is 0.335 e. The highest BCUT2D eigenvalue weighted by atomic mass is 16.3. The molecule has 0 unspecified atom stereocenters. The van der Waals surface area contributed by atoms with Crippen molar-refractivity contribution < 1.29 is 24.3 Å². The Morgan fingerprint density at radius 3 is 2.64 bits per heavy atom. The smallest absolute Gasteiger partial charge is 0.335 e. The first-order valence-electron chi connectivity index (χ1n) is 8.25. The van der Waals surface area contributed by atoms with Crippen LogP contribution in [0.3, 0.4) is 0 Å². The summed E-state index contributed by atoms with van der Waals surface area (Å²) in [6.07, 6.45) is 0.935. The number of barbiturate groups is 1. The van der Waals surface area contributed by atoms with Gasteiger partial charge in [0.05, 0.1) is 11.3 Å². The van der Waals surface area contributed by atoms with Gasteiger partial charge in [0.2, 0.25) is 5.91 Å². The molecule has 1 aliphatic rings. The number of para-hydroxylation sites is 1. The van der Waals surface area contributed by atoms with E-state index in [9.17, 15) is 24.3 Å². The van der Waals surface area contributed by atoms with Crippen molar-refractivity contribution in [1.82, 2.24) is 10.7 Å². The maximum atomic E-state index is 12.7. The monoisotopic (exact) mass is 380 g/mol. The Labute approximate surface area is 159 Å². The van der Waals surface area contributed by atoms with E-state index in [1.54, 1.807) is 43.3 Å². The van der Waals surface area contributed by atoms with Crippen LogP contribution in [0, 0.1) is 12.8 Å². The molecule has 3 rings (SSSR count). The van der Waals surface area contributed by atoms with E-state index in [4.69, 9.17) is 0 Å². The lowest BCUT2D eigenvalue weighted by atomic mass is 10.1. The van der Waals surface area contributed by atoms with Gasteiger partial charge in [0.1, 0.15) is 5.75 Å². The van der Waals surface area contributed by atoms with E-state index in [2.05, 4.69) is 15.8 Å². The number of rotatable bonds is 4. The first-order chi connectivity index (χ1) is 13.4. The minimum Gasteiger partial charge on any atom is -0.507 e. The number of aryl methyl sites for hydroxylation is 1. The summed E-state index contributed by atoms with van der Waals surface area (Å²) in [6.45, 7) is 1.80. The molecule has 28 heavy (non-hydrogen) atoms. The van der Waals surface area contributed by atoms with Crippen LogP contribution in [0.2, 0.25) is 0 Å². The number of phenols is 1. The fourth-order valence-corrected chi connectivity index (χ4v) is 2.63. The van der Waals surface area contributed by atoms with E-state index in [-0.39, 0.29) is 11.3 Å². The summed E-state index contributed by atoms with van der Waals surface area (Å²) in [7, 11) is 0. The summed E-state index contributed by atoms with van der Waals surface area (Å²) in [5.74, 6) is -4.00. The van der Waals surface area contributed by atoms with E-state index in [1.807, 2.05) is 0 Å². The molecule has 0 saturated carbocycles. The SMILES string of the molecule is Cc1cccc(N2C(=O)NC(=O)[C@H](/C=N\NC(=O)c3ccccc3O)C2=O)c1. The quantitative estimate of drug-likeness (QED) is 0.419. The molecule has 3 N–H and O–H groups in total. The number of nitrogens with zero attached hydrogens (tertiary/aromatic N) is 2. The van der Waals surface area contributed by atoms with Crippen molar-refractivity contribution in [3.05, 3.63) is 59.7 Å². The first kappa shape index (κ1) is 18.8. The van der Waals surface area contributed by atoms with E-state index in [0.29, 0.717) is 5.69 Å². The molecule has 0 aliphatic carbocycles. The van der Waals surface area contributed by atoms with E-state index < -0.39 is 29.7 Å². The predicted octanol–water partition coefficient (Wildman–Crippen LogP) is 1.32. The molecule has 2 aromatic carbocycles. The molecule has 142 valence electrons. The van der Waals surface area contributed by atoms with Crippen molar-refractivity contribution in [3.63, 3.8) is 0 Å². The molecule has 0 spiro atoms. The Morgan fingerprint density at radius 1 is 1.18 bits per heavy atom. The van der Waals surface area contributed by atoms with Crippen molar-refractivity contribution in [2.45, 2.75) is 6.92 Å². The van der Waals surface area contributed by atoms with Gasteiger partial charge in [-0.25, -0.2) is 15.1 Å². The Morgan fingerprint density at radius 2 is 1.93 bits per heavy atom. The molecular formula is C19H16N4O5. The minimum atomic E-state index is -1.40. The normalized spacial score (nSPS) is 17.0. The zero-order valence-electron chi connectivity index (χ0n) is 14.7. The van der Waals surface area contributed by atoms with Gasteiger partial charge in [-0.3, -0.25) is 19.7 Å². The zero-order valence-corrected chi connectivity index (χ0v) is 14.7. The number of nitrogens with one attached hydrogen (secondary N) is 2. The first-order valence-corrected chi connectivity index (χ1v) is 8.25. The van der Waals surface area contributed by atoms with Crippen LogP contribution in [0.25, 0.3) is 0 Å². The Kier molecular flexibility index (Phi) is 5.16. The zero-order chi connectivity index (χ0) is 20.3. The lowest BCUT2D eigenvalue weighted by Crippen LogP contribution is -2.58. The lowest BCUT2D eigenvalue weighted by Gasteiger charge is -2.28. The number of amides is 5. The molecule has 1 saturated heterocycles. The molecular weight excluding hydrogens is 364 g/mol. The second-order valence-corrected chi connectivity index (χ2v) is 6.02. The summed E-state index contributed by atoms with van der Waals surface area (Å²) in [5.41, 5.74) is 3.26. The third-order valence-corrected chi connectivity index (χ3v) is 4.00. The fourth-order valence-electron chi connectivity index (χ4n) is 2.63. The van der Waals surface area contributed by atoms with Crippen molar-refractivity contribution in [3.8, 4) is 5.75 Å². The molecule has 1 atom stereocenters. The maximum absolute atomic E-state index is 12.7. The second kappa shape index (κ2) is 7.70. The molecule has 2 aromatic rings. The number of carbonyl (C=O) groups is 4. The van der Waals surface area contributed by atoms with Gasteiger partial charge in [-0.05, 0) is 36.8 Å². The standard InChI is InChI=1S/C19H16N4O5/c1-11-5-4-6-12(9-11)23-18(27)14(16(25)21-19(23)28)10-20-22-17(26)13-7-2-3-8-15(13)24/h2-10,14,24H,1H3,(H,22,26)(H,21,25,28)/b20-10-/t14-/m0/s1. The summed E-state index contributed by atoms with van der Waals surface area (Å²) in [6, 6.07) is 11.6. The van der Waals surface area contributed by atoms with Crippen LogP contribution in [0.4, 0.5) is 10.5 Å². The number of urea groups is 1. The molecule has 1 fully saturated rings. The van der Waals surface area contributed by atoms with Gasteiger partial charge in [0, 0.05) is 6.21 Å². The van der Waals surface area contributed by atoms with Crippen LogP contribution in [-0.4, -0.2) is 35.1 Å². The topological polar surface area (TPSA) is 128 Å². The molecule has 1 heterocycles. The van der Waals surface area contributed by atoms with Crippen LogP contribution in [-0.2, 0) is 9.59 Å². The fraction of sp³-hybridized carbons (Fsp3) is 0.105. The van der Waals surface area contributed by atoms with Crippen LogP contribution in [0.5, 0.6) is 5.75 Å². The van der Waals surface area contributed by atoms with E-state index in [1.165, 1.54) is 12.1 Å². The van der Waals surface area contributed by atoms with Gasteiger partial charge >= 0.3 is 6.03 Å². The summed E-state index contributed by atoms with van der Waals surface area (Å²) >= 11 is 0. The van der Waals surface area contributed by atoms with Crippen LogP contribution >= 0.6 is 0 Å². The third-order valence-electron chi connectivity index (χ3n) is 4.00. The molecule has 0 bridgehead atoms. The van der Waals surface area contributed by atoms with Crippen molar-refractivity contribution in [1.29, 1.82) is 0 Å². The Hall–Kier alpha value is -4.01. The van der Waals surface area contributed by atoms with Gasteiger partial charge in [-0.2, -0.15) is 5.10 Å². The number of benzene rings is 2. The summed E-state index contributed by atoms with van der Waals surface area (Å²) in [4.78, 5) is 49.7. The average Bonchev–Trinajstić information content (AvgIpc) is 2.64. The number of hydrazone groups is 1. The van der Waals surface area contributed by atoms with Gasteiger partial charge in [0.25, 0.3) is 11.8 Å². The number of hydrogen-bond acceptors (Lipinski definition) is 6. The number of imide groups is 2.